The molecule has 29 heavy (non-hydrogen) atoms. The lowest BCUT2D eigenvalue weighted by Crippen LogP contribution is -2.17. The topological polar surface area (TPSA) is 66.8 Å². The van der Waals surface area contributed by atoms with Crippen LogP contribution in [0.5, 0.6) is 0 Å². The van der Waals surface area contributed by atoms with Crippen molar-refractivity contribution in [3.05, 3.63) is 35.9 Å². The number of aliphatic hydroxyl groups is 1. The van der Waals surface area contributed by atoms with Gasteiger partial charge in [-0.05, 0) is 18.4 Å². The van der Waals surface area contributed by atoms with Gasteiger partial charge < -0.3 is 14.9 Å². The van der Waals surface area contributed by atoms with Gasteiger partial charge in [0.2, 0.25) is 0 Å². The van der Waals surface area contributed by atoms with E-state index in [1.807, 2.05) is 18.2 Å². The fraction of sp³-hybridized carbons (Fsp3) is 0.720. The third kappa shape index (κ3) is 16.1. The molecule has 1 unspecified atom stereocenters. The highest BCUT2D eigenvalue weighted by Gasteiger charge is 2.07. The molecule has 0 amide bonds. The maximum atomic E-state index is 10.4. The van der Waals surface area contributed by atoms with Gasteiger partial charge >= 0.3 is 5.97 Å². The Labute approximate surface area is 177 Å². The predicted octanol–water partition coefficient (Wildman–Crippen LogP) is 6.50. The third-order valence-electron chi connectivity index (χ3n) is 5.45. The van der Waals surface area contributed by atoms with Crippen molar-refractivity contribution in [2.24, 2.45) is 0 Å². The Morgan fingerprint density at radius 2 is 1.24 bits per heavy atom. The quantitative estimate of drug-likeness (QED) is 0.243. The number of aliphatic carboxylic acids is 1. The van der Waals surface area contributed by atoms with E-state index in [-0.39, 0.29) is 12.7 Å². The largest absolute Gasteiger partial charge is 0.481 e. The standard InChI is InChI=1S/C25H42O4/c26-21-24(29-22-23-17-13-12-14-18-23)19-15-10-8-6-4-2-1-3-5-7-9-11-16-20-25(27)28/h12-14,17-18,24,26H,1-11,15-16,19-22H2,(H,27,28). The van der Waals surface area contributed by atoms with E-state index in [4.69, 9.17) is 9.84 Å². The highest BCUT2D eigenvalue weighted by Crippen LogP contribution is 2.15. The van der Waals surface area contributed by atoms with Crippen LogP contribution >= 0.6 is 0 Å². The Morgan fingerprint density at radius 3 is 1.72 bits per heavy atom. The average molecular weight is 407 g/mol. The summed E-state index contributed by atoms with van der Waals surface area (Å²) in [5, 5.41) is 18.1. The number of unbranched alkanes of at least 4 members (excludes halogenated alkanes) is 12. The van der Waals surface area contributed by atoms with Gasteiger partial charge in [-0.2, -0.15) is 0 Å². The molecule has 0 aromatic heterocycles. The Hall–Kier alpha value is -1.39. The van der Waals surface area contributed by atoms with Gasteiger partial charge in [0, 0.05) is 6.42 Å². The molecule has 0 saturated heterocycles. The van der Waals surface area contributed by atoms with Gasteiger partial charge in [-0.3, -0.25) is 4.79 Å². The van der Waals surface area contributed by atoms with Crippen LogP contribution in [-0.2, 0) is 16.1 Å². The number of carboxylic acid groups (broad SMARTS) is 1. The first-order chi connectivity index (χ1) is 14.2. The summed E-state index contributed by atoms with van der Waals surface area (Å²) in [4.78, 5) is 10.4. The maximum absolute atomic E-state index is 10.4. The maximum Gasteiger partial charge on any atom is 0.303 e. The Balaban J connectivity index is 1.82. The Bertz CT molecular complexity index is 489. The molecule has 0 saturated carbocycles. The molecule has 0 aliphatic rings. The normalized spacial score (nSPS) is 12.2. The summed E-state index contributed by atoms with van der Waals surface area (Å²) in [6, 6.07) is 10.1. The highest BCUT2D eigenvalue weighted by atomic mass is 16.5. The molecule has 0 radical (unpaired) electrons. The minimum Gasteiger partial charge on any atom is -0.481 e. The summed E-state index contributed by atoms with van der Waals surface area (Å²) in [6.07, 6.45) is 17.1. The molecule has 4 heteroatoms. The van der Waals surface area contributed by atoms with Crippen molar-refractivity contribution in [3.63, 3.8) is 0 Å². The molecular weight excluding hydrogens is 364 g/mol. The molecule has 0 heterocycles. The van der Waals surface area contributed by atoms with Crippen molar-refractivity contribution in [1.29, 1.82) is 0 Å². The number of aliphatic hydroxyl groups excluding tert-OH is 1. The predicted molar refractivity (Wildman–Crippen MR) is 119 cm³/mol. The smallest absolute Gasteiger partial charge is 0.303 e. The van der Waals surface area contributed by atoms with Crippen molar-refractivity contribution < 1.29 is 19.7 Å². The molecule has 166 valence electrons. The van der Waals surface area contributed by atoms with Gasteiger partial charge in [-0.15, -0.1) is 0 Å². The molecule has 1 rings (SSSR count). The molecule has 0 bridgehead atoms. The minimum atomic E-state index is -0.672. The second kappa shape index (κ2) is 18.6. The number of benzene rings is 1. The van der Waals surface area contributed by atoms with Gasteiger partial charge in [0.1, 0.15) is 0 Å². The molecule has 0 aliphatic heterocycles. The SMILES string of the molecule is O=C(O)CCCCCCCCCCCCCCCC(CO)OCc1ccccc1. The average Bonchev–Trinajstić information content (AvgIpc) is 2.73. The first-order valence-corrected chi connectivity index (χ1v) is 11.7. The first-order valence-electron chi connectivity index (χ1n) is 11.7. The fourth-order valence-electron chi connectivity index (χ4n) is 3.61. The van der Waals surface area contributed by atoms with Crippen LogP contribution in [0.1, 0.15) is 102 Å². The van der Waals surface area contributed by atoms with E-state index in [1.54, 1.807) is 0 Å². The fourth-order valence-corrected chi connectivity index (χ4v) is 3.61. The van der Waals surface area contributed by atoms with Crippen LogP contribution in [-0.4, -0.2) is 28.9 Å². The molecule has 4 nitrogen and oxygen atoms in total. The Kier molecular flexibility index (Phi) is 16.5. The molecule has 1 aromatic rings. The lowest BCUT2D eigenvalue weighted by molar-refractivity contribution is -0.137. The lowest BCUT2D eigenvalue weighted by Gasteiger charge is -2.15. The number of hydrogen-bond acceptors (Lipinski definition) is 3. The molecule has 0 spiro atoms. The Morgan fingerprint density at radius 1 is 0.759 bits per heavy atom. The molecule has 0 fully saturated rings. The molecular formula is C25H42O4. The van der Waals surface area contributed by atoms with Crippen LogP contribution in [0.25, 0.3) is 0 Å². The van der Waals surface area contributed by atoms with Gasteiger partial charge in [0.15, 0.2) is 0 Å². The van der Waals surface area contributed by atoms with Gasteiger partial charge in [-0.25, -0.2) is 0 Å². The number of hydrogen-bond donors (Lipinski definition) is 2. The van der Waals surface area contributed by atoms with E-state index in [2.05, 4.69) is 12.1 Å². The van der Waals surface area contributed by atoms with Crippen LogP contribution in [0.15, 0.2) is 30.3 Å². The van der Waals surface area contributed by atoms with Gasteiger partial charge in [-0.1, -0.05) is 107 Å². The van der Waals surface area contributed by atoms with Crippen LogP contribution in [0.3, 0.4) is 0 Å². The molecule has 0 aliphatic carbocycles. The zero-order chi connectivity index (χ0) is 21.0. The molecule has 1 atom stereocenters. The van der Waals surface area contributed by atoms with Gasteiger partial charge in [0.25, 0.3) is 0 Å². The number of ether oxygens (including phenoxy) is 1. The van der Waals surface area contributed by atoms with E-state index in [0.29, 0.717) is 13.0 Å². The summed E-state index contributed by atoms with van der Waals surface area (Å²) in [7, 11) is 0. The van der Waals surface area contributed by atoms with Crippen LogP contribution in [0, 0.1) is 0 Å². The van der Waals surface area contributed by atoms with Crippen molar-refractivity contribution >= 4 is 5.97 Å². The van der Waals surface area contributed by atoms with Crippen LogP contribution in [0.2, 0.25) is 0 Å². The van der Waals surface area contributed by atoms with E-state index in [9.17, 15) is 9.90 Å². The van der Waals surface area contributed by atoms with Crippen molar-refractivity contribution in [2.45, 2.75) is 109 Å². The summed E-state index contributed by atoms with van der Waals surface area (Å²) < 4.78 is 5.83. The van der Waals surface area contributed by atoms with Crippen molar-refractivity contribution in [3.8, 4) is 0 Å². The first kappa shape index (κ1) is 25.6. The second-order valence-corrected chi connectivity index (χ2v) is 8.13. The zero-order valence-electron chi connectivity index (χ0n) is 18.2. The van der Waals surface area contributed by atoms with Gasteiger partial charge in [0.05, 0.1) is 19.3 Å². The highest BCUT2D eigenvalue weighted by molar-refractivity contribution is 5.66. The summed E-state index contributed by atoms with van der Waals surface area (Å²) in [6.45, 7) is 0.681. The molecule has 1 aromatic carbocycles. The van der Waals surface area contributed by atoms with Crippen LogP contribution in [0.4, 0.5) is 0 Å². The monoisotopic (exact) mass is 406 g/mol. The summed E-state index contributed by atoms with van der Waals surface area (Å²) in [5.41, 5.74) is 1.16. The zero-order valence-corrected chi connectivity index (χ0v) is 18.2. The number of rotatable bonds is 20. The molecule has 2 N–H and O–H groups in total. The summed E-state index contributed by atoms with van der Waals surface area (Å²) in [5.74, 6) is -0.672. The number of carboxylic acids is 1. The van der Waals surface area contributed by atoms with E-state index < -0.39 is 5.97 Å². The van der Waals surface area contributed by atoms with E-state index in [1.165, 1.54) is 64.2 Å². The van der Waals surface area contributed by atoms with E-state index >= 15 is 0 Å². The number of carbonyl (C=O) groups is 1. The third-order valence-corrected chi connectivity index (χ3v) is 5.45. The minimum absolute atomic E-state index is 0.0423. The lowest BCUT2D eigenvalue weighted by atomic mass is 10.0. The van der Waals surface area contributed by atoms with Crippen molar-refractivity contribution in [1.82, 2.24) is 0 Å². The van der Waals surface area contributed by atoms with Crippen molar-refractivity contribution in [2.75, 3.05) is 6.61 Å². The second-order valence-electron chi connectivity index (χ2n) is 8.13. The van der Waals surface area contributed by atoms with E-state index in [0.717, 1.165) is 31.2 Å². The van der Waals surface area contributed by atoms with Crippen LogP contribution < -0.4 is 0 Å². The summed E-state index contributed by atoms with van der Waals surface area (Å²) >= 11 is 0.